The van der Waals surface area contributed by atoms with E-state index in [0.29, 0.717) is 12.0 Å². The van der Waals surface area contributed by atoms with E-state index in [9.17, 15) is 4.79 Å². The maximum atomic E-state index is 12.1. The van der Waals surface area contributed by atoms with Crippen LogP contribution in [0.4, 0.5) is 5.69 Å². The Labute approximate surface area is 128 Å². The minimum atomic E-state index is 0.154. The maximum Gasteiger partial charge on any atom is 0.224 e. The lowest BCUT2D eigenvalue weighted by Gasteiger charge is -2.38. The molecular formula is C18H28N2O. The van der Waals surface area contributed by atoms with Gasteiger partial charge in [-0.1, -0.05) is 31.5 Å². The second kappa shape index (κ2) is 7.08. The lowest BCUT2D eigenvalue weighted by Crippen LogP contribution is -2.47. The molecule has 1 aromatic carbocycles. The number of carbonyl (C=O) groups excluding carboxylic acids is 1. The molecule has 1 aliphatic heterocycles. The Morgan fingerprint density at radius 1 is 1.24 bits per heavy atom. The lowest BCUT2D eigenvalue weighted by molar-refractivity contribution is -0.117. The number of likely N-dealkylation sites (tertiary alicyclic amines) is 1. The molecule has 0 unspecified atom stereocenters. The van der Waals surface area contributed by atoms with Crippen molar-refractivity contribution in [2.45, 2.75) is 46.6 Å². The highest BCUT2D eigenvalue weighted by Crippen LogP contribution is 2.24. The van der Waals surface area contributed by atoms with Crippen molar-refractivity contribution in [2.75, 3.05) is 24.5 Å². The van der Waals surface area contributed by atoms with Gasteiger partial charge in [0.2, 0.25) is 5.91 Å². The molecule has 0 N–H and O–H groups in total. The summed E-state index contributed by atoms with van der Waals surface area (Å²) in [6.07, 6.45) is 2.14. The molecule has 0 atom stereocenters. The van der Waals surface area contributed by atoms with E-state index in [2.05, 4.69) is 49.9 Å². The van der Waals surface area contributed by atoms with Crippen LogP contribution in [0.15, 0.2) is 24.3 Å². The standard InChI is InChI=1S/C18H28N2O/c1-14(2)13-19-11-9-18(10-12-19)20(16(4)21)17-7-5-15(3)6-8-17/h5-8,14,18H,9-13H2,1-4H3. The van der Waals surface area contributed by atoms with Gasteiger partial charge < -0.3 is 9.80 Å². The van der Waals surface area contributed by atoms with Gasteiger partial charge in [0.05, 0.1) is 0 Å². The van der Waals surface area contributed by atoms with Crippen molar-refractivity contribution < 1.29 is 4.79 Å². The quantitative estimate of drug-likeness (QED) is 0.847. The Hall–Kier alpha value is -1.35. The van der Waals surface area contributed by atoms with Crippen LogP contribution in [-0.4, -0.2) is 36.5 Å². The number of aryl methyl sites for hydroxylation is 1. The number of nitrogens with zero attached hydrogens (tertiary/aromatic N) is 2. The summed E-state index contributed by atoms with van der Waals surface area (Å²) < 4.78 is 0. The summed E-state index contributed by atoms with van der Waals surface area (Å²) >= 11 is 0. The number of anilines is 1. The van der Waals surface area contributed by atoms with Gasteiger partial charge >= 0.3 is 0 Å². The fraction of sp³-hybridized carbons (Fsp3) is 0.611. The van der Waals surface area contributed by atoms with Crippen molar-refractivity contribution in [3.05, 3.63) is 29.8 Å². The predicted molar refractivity (Wildman–Crippen MR) is 88.6 cm³/mol. The first-order valence-corrected chi connectivity index (χ1v) is 8.06. The van der Waals surface area contributed by atoms with E-state index in [0.717, 1.165) is 38.2 Å². The molecule has 21 heavy (non-hydrogen) atoms. The molecule has 1 amide bonds. The van der Waals surface area contributed by atoms with Crippen LogP contribution in [-0.2, 0) is 4.79 Å². The molecular weight excluding hydrogens is 260 g/mol. The highest BCUT2D eigenvalue weighted by molar-refractivity contribution is 5.92. The summed E-state index contributed by atoms with van der Waals surface area (Å²) in [6, 6.07) is 8.64. The van der Waals surface area contributed by atoms with Crippen molar-refractivity contribution in [1.29, 1.82) is 0 Å². The Morgan fingerprint density at radius 3 is 2.29 bits per heavy atom. The average Bonchev–Trinajstić information content (AvgIpc) is 2.42. The molecule has 1 saturated heterocycles. The summed E-state index contributed by atoms with van der Waals surface area (Å²) in [5.41, 5.74) is 2.27. The summed E-state index contributed by atoms with van der Waals surface area (Å²) in [5, 5.41) is 0. The zero-order valence-electron chi connectivity index (χ0n) is 13.8. The molecule has 0 radical (unpaired) electrons. The van der Waals surface area contributed by atoms with Gasteiger partial charge in [0.1, 0.15) is 0 Å². The molecule has 1 aliphatic rings. The van der Waals surface area contributed by atoms with Crippen LogP contribution in [0.2, 0.25) is 0 Å². The third-order valence-electron chi connectivity index (χ3n) is 4.20. The van der Waals surface area contributed by atoms with Crippen LogP contribution in [0.1, 0.15) is 39.2 Å². The maximum absolute atomic E-state index is 12.1. The monoisotopic (exact) mass is 288 g/mol. The normalized spacial score (nSPS) is 17.2. The van der Waals surface area contributed by atoms with Crippen molar-refractivity contribution in [2.24, 2.45) is 5.92 Å². The first-order valence-electron chi connectivity index (χ1n) is 8.06. The van der Waals surface area contributed by atoms with Gasteiger partial charge in [-0.15, -0.1) is 0 Å². The van der Waals surface area contributed by atoms with E-state index in [4.69, 9.17) is 0 Å². The molecule has 1 aromatic rings. The van der Waals surface area contributed by atoms with Crippen molar-refractivity contribution in [3.8, 4) is 0 Å². The molecule has 0 saturated carbocycles. The molecule has 1 heterocycles. The number of amides is 1. The number of benzene rings is 1. The number of piperidine rings is 1. The highest BCUT2D eigenvalue weighted by atomic mass is 16.2. The fourth-order valence-corrected chi connectivity index (χ4v) is 3.23. The predicted octanol–water partition coefficient (Wildman–Crippen LogP) is 3.47. The van der Waals surface area contributed by atoms with Gasteiger partial charge in [0.25, 0.3) is 0 Å². The summed E-state index contributed by atoms with van der Waals surface area (Å²) in [7, 11) is 0. The number of carbonyl (C=O) groups is 1. The molecule has 1 fully saturated rings. The molecule has 0 aromatic heterocycles. The van der Waals surface area contributed by atoms with Gasteiger partial charge in [-0.3, -0.25) is 4.79 Å². The highest BCUT2D eigenvalue weighted by Gasteiger charge is 2.27. The van der Waals surface area contributed by atoms with E-state index < -0.39 is 0 Å². The number of hydrogen-bond acceptors (Lipinski definition) is 2. The van der Waals surface area contributed by atoms with Crippen LogP contribution in [0.25, 0.3) is 0 Å². The first-order chi connectivity index (χ1) is 9.97. The van der Waals surface area contributed by atoms with Gasteiger partial charge in [-0.05, 0) is 37.8 Å². The van der Waals surface area contributed by atoms with Gasteiger partial charge in [0.15, 0.2) is 0 Å². The second-order valence-electron chi connectivity index (χ2n) is 6.65. The Bertz CT molecular complexity index is 459. The molecule has 3 nitrogen and oxygen atoms in total. The Morgan fingerprint density at radius 2 is 1.81 bits per heavy atom. The van der Waals surface area contributed by atoms with Crippen LogP contribution >= 0.6 is 0 Å². The van der Waals surface area contributed by atoms with Gasteiger partial charge in [-0.25, -0.2) is 0 Å². The number of hydrogen-bond donors (Lipinski definition) is 0. The summed E-state index contributed by atoms with van der Waals surface area (Å²) in [4.78, 5) is 16.6. The molecule has 3 heteroatoms. The topological polar surface area (TPSA) is 23.6 Å². The van der Waals surface area contributed by atoms with E-state index in [1.807, 2.05) is 4.90 Å². The largest absolute Gasteiger partial charge is 0.310 e. The lowest BCUT2D eigenvalue weighted by atomic mass is 10.0. The first kappa shape index (κ1) is 16.0. The molecule has 2 rings (SSSR count). The van der Waals surface area contributed by atoms with Gasteiger partial charge in [0, 0.05) is 38.3 Å². The summed E-state index contributed by atoms with van der Waals surface area (Å²) in [5.74, 6) is 0.865. The third kappa shape index (κ3) is 4.31. The zero-order chi connectivity index (χ0) is 15.4. The van der Waals surface area contributed by atoms with E-state index in [-0.39, 0.29) is 5.91 Å². The van der Waals surface area contributed by atoms with Gasteiger partial charge in [-0.2, -0.15) is 0 Å². The van der Waals surface area contributed by atoms with Crippen LogP contribution in [0.3, 0.4) is 0 Å². The fourth-order valence-electron chi connectivity index (χ4n) is 3.23. The van der Waals surface area contributed by atoms with Crippen molar-refractivity contribution >= 4 is 11.6 Å². The second-order valence-corrected chi connectivity index (χ2v) is 6.65. The zero-order valence-corrected chi connectivity index (χ0v) is 13.8. The minimum absolute atomic E-state index is 0.154. The third-order valence-corrected chi connectivity index (χ3v) is 4.20. The smallest absolute Gasteiger partial charge is 0.224 e. The summed E-state index contributed by atoms with van der Waals surface area (Å²) in [6.45, 7) is 11.6. The van der Waals surface area contributed by atoms with E-state index >= 15 is 0 Å². The van der Waals surface area contributed by atoms with E-state index in [1.165, 1.54) is 5.56 Å². The van der Waals surface area contributed by atoms with E-state index in [1.54, 1.807) is 6.92 Å². The van der Waals surface area contributed by atoms with Crippen molar-refractivity contribution in [3.63, 3.8) is 0 Å². The molecule has 0 spiro atoms. The molecule has 0 aliphatic carbocycles. The Balaban J connectivity index is 2.04. The SMILES string of the molecule is CC(=O)N(c1ccc(C)cc1)C1CCN(CC(C)C)CC1. The van der Waals surface area contributed by atoms with Crippen LogP contribution < -0.4 is 4.90 Å². The van der Waals surface area contributed by atoms with Crippen LogP contribution in [0, 0.1) is 12.8 Å². The van der Waals surface area contributed by atoms with Crippen molar-refractivity contribution in [1.82, 2.24) is 4.90 Å². The Kier molecular flexibility index (Phi) is 5.40. The van der Waals surface area contributed by atoms with Crippen LogP contribution in [0.5, 0.6) is 0 Å². The molecule has 116 valence electrons. The average molecular weight is 288 g/mol. The molecule has 0 bridgehead atoms. The number of rotatable bonds is 4. The minimum Gasteiger partial charge on any atom is -0.310 e.